The van der Waals surface area contributed by atoms with Gasteiger partial charge in [-0.3, -0.25) is 4.57 Å². The van der Waals surface area contributed by atoms with Crippen LogP contribution in [0, 0.1) is 0 Å². The summed E-state index contributed by atoms with van der Waals surface area (Å²) in [5.41, 5.74) is 9.23. The molecule has 4 aromatic rings. The minimum absolute atomic E-state index is 0.128. The number of nitrogens with two attached hydrogens (primary N) is 1. The van der Waals surface area contributed by atoms with E-state index < -0.39 is 5.97 Å². The Labute approximate surface area is 142 Å². The molecule has 0 aliphatic heterocycles. The molecule has 0 spiro atoms. The van der Waals surface area contributed by atoms with E-state index in [0.717, 1.165) is 0 Å². The van der Waals surface area contributed by atoms with Crippen molar-refractivity contribution in [3.8, 4) is 11.4 Å². The number of carbonyl (C=O) groups is 1. The van der Waals surface area contributed by atoms with Gasteiger partial charge in [0.1, 0.15) is 22.6 Å². The monoisotopic (exact) mass is 334 g/mol. The van der Waals surface area contributed by atoms with Gasteiger partial charge in [0.15, 0.2) is 5.65 Å². The molecule has 0 saturated carbocycles. The van der Waals surface area contributed by atoms with E-state index in [4.69, 9.17) is 10.5 Å². The summed E-state index contributed by atoms with van der Waals surface area (Å²) >= 11 is 0. The van der Waals surface area contributed by atoms with E-state index in [0.29, 0.717) is 27.9 Å². The lowest BCUT2D eigenvalue weighted by Crippen LogP contribution is -2.07. The van der Waals surface area contributed by atoms with Gasteiger partial charge in [0, 0.05) is 5.69 Å². The van der Waals surface area contributed by atoms with Gasteiger partial charge >= 0.3 is 5.97 Å². The number of nitrogens with zero attached hydrogens (tertiary/aromatic N) is 3. The molecule has 0 aliphatic rings. The number of ether oxygens (including phenoxy) is 1. The third-order valence-electron chi connectivity index (χ3n) is 4.00. The van der Waals surface area contributed by atoms with Gasteiger partial charge in [-0.2, -0.15) is 0 Å². The number of nitrogen functional groups attached to an aromatic ring is 1. The first-order valence-corrected chi connectivity index (χ1v) is 7.54. The molecule has 3 N–H and O–H groups in total. The number of para-hydroxylation sites is 2. The summed E-state index contributed by atoms with van der Waals surface area (Å²) in [7, 11) is 1.29. The zero-order valence-electron chi connectivity index (χ0n) is 13.3. The third-order valence-corrected chi connectivity index (χ3v) is 4.00. The maximum Gasteiger partial charge on any atom is 0.343 e. The summed E-state index contributed by atoms with van der Waals surface area (Å²) in [5, 5.41) is 9.52. The van der Waals surface area contributed by atoms with Crippen molar-refractivity contribution >= 4 is 34.0 Å². The molecule has 25 heavy (non-hydrogen) atoms. The number of phenolic OH excluding ortho intramolecular Hbond substituents is 1. The maximum absolute atomic E-state index is 12.3. The lowest BCUT2D eigenvalue weighted by Gasteiger charge is -2.07. The number of fused-ring (bicyclic) bond motifs is 2. The number of aromatic nitrogens is 3. The van der Waals surface area contributed by atoms with E-state index in [9.17, 15) is 9.90 Å². The lowest BCUT2D eigenvalue weighted by molar-refractivity contribution is 0.0604. The number of phenols is 1. The fourth-order valence-corrected chi connectivity index (χ4v) is 2.83. The normalized spacial score (nSPS) is 11.1. The third kappa shape index (κ3) is 2.25. The molecule has 7 nitrogen and oxygen atoms in total. The van der Waals surface area contributed by atoms with Gasteiger partial charge in [-0.05, 0) is 36.4 Å². The molecule has 2 aromatic heterocycles. The first kappa shape index (κ1) is 14.9. The second-order valence-electron chi connectivity index (χ2n) is 5.49. The fourth-order valence-electron chi connectivity index (χ4n) is 2.83. The highest BCUT2D eigenvalue weighted by molar-refractivity contribution is 6.08. The molecule has 2 aromatic carbocycles. The number of anilines is 1. The molecule has 2 heterocycles. The van der Waals surface area contributed by atoms with Crippen LogP contribution < -0.4 is 5.73 Å². The molecular weight excluding hydrogens is 320 g/mol. The van der Waals surface area contributed by atoms with Gasteiger partial charge < -0.3 is 15.6 Å². The number of methoxy groups -OCH3 is 1. The van der Waals surface area contributed by atoms with Crippen LogP contribution in [0.3, 0.4) is 0 Å². The predicted molar refractivity (Wildman–Crippen MR) is 93.8 cm³/mol. The zero-order chi connectivity index (χ0) is 17.6. The summed E-state index contributed by atoms with van der Waals surface area (Å²) in [5.74, 6) is -0.268. The molecule has 0 radical (unpaired) electrons. The van der Waals surface area contributed by atoms with Gasteiger partial charge in [0.05, 0.1) is 18.1 Å². The summed E-state index contributed by atoms with van der Waals surface area (Å²) in [4.78, 5) is 21.4. The van der Waals surface area contributed by atoms with Crippen LogP contribution in [-0.2, 0) is 4.74 Å². The number of hydrogen-bond donors (Lipinski definition) is 2. The number of esters is 1. The Morgan fingerprint density at radius 2 is 1.72 bits per heavy atom. The van der Waals surface area contributed by atoms with Crippen molar-refractivity contribution < 1.29 is 14.6 Å². The summed E-state index contributed by atoms with van der Waals surface area (Å²) < 4.78 is 6.49. The van der Waals surface area contributed by atoms with Crippen LogP contribution in [0.25, 0.3) is 27.9 Å². The van der Waals surface area contributed by atoms with Crippen LogP contribution in [0.2, 0.25) is 0 Å². The van der Waals surface area contributed by atoms with Crippen molar-refractivity contribution in [3.63, 3.8) is 0 Å². The van der Waals surface area contributed by atoms with Crippen molar-refractivity contribution in [2.45, 2.75) is 0 Å². The van der Waals surface area contributed by atoms with E-state index >= 15 is 0 Å². The van der Waals surface area contributed by atoms with Gasteiger partial charge in [0.2, 0.25) is 0 Å². The molecule has 124 valence electrons. The Morgan fingerprint density at radius 3 is 2.36 bits per heavy atom. The van der Waals surface area contributed by atoms with Crippen molar-refractivity contribution in [2.24, 2.45) is 0 Å². The molecule has 0 atom stereocenters. The number of carbonyl (C=O) groups excluding carboxylic acids is 1. The molecule has 0 aliphatic carbocycles. The second kappa shape index (κ2) is 5.48. The Balaban J connectivity index is 2.13. The summed E-state index contributed by atoms with van der Waals surface area (Å²) in [6, 6.07) is 13.8. The highest BCUT2D eigenvalue weighted by Crippen LogP contribution is 2.31. The molecule has 0 bridgehead atoms. The predicted octanol–water partition coefficient (Wildman–Crippen LogP) is 2.65. The Hall–Kier alpha value is -3.61. The molecular formula is C18H14N4O3. The summed E-state index contributed by atoms with van der Waals surface area (Å²) in [6.07, 6.45) is 0. The van der Waals surface area contributed by atoms with Crippen LogP contribution in [0.15, 0.2) is 48.5 Å². The molecule has 0 unspecified atom stereocenters. The topological polar surface area (TPSA) is 103 Å². The van der Waals surface area contributed by atoms with E-state index in [1.54, 1.807) is 16.7 Å². The molecule has 0 fully saturated rings. The fraction of sp³-hybridized carbons (Fsp3) is 0.0556. The first-order chi connectivity index (χ1) is 12.1. The molecule has 4 rings (SSSR count). The Morgan fingerprint density at radius 1 is 1.08 bits per heavy atom. The van der Waals surface area contributed by atoms with Crippen LogP contribution in [0.5, 0.6) is 5.75 Å². The van der Waals surface area contributed by atoms with Crippen molar-refractivity contribution in [3.05, 3.63) is 54.1 Å². The standard InChI is InChI=1S/C18H14N4O3/c1-25-18(24)14-15-17(21-13-5-3-2-4-12(13)20-15)22(16(14)19)10-6-8-11(23)9-7-10/h2-9,23H,19H2,1H3. The highest BCUT2D eigenvalue weighted by Gasteiger charge is 2.25. The van der Waals surface area contributed by atoms with E-state index in [-0.39, 0.29) is 17.1 Å². The van der Waals surface area contributed by atoms with E-state index in [2.05, 4.69) is 9.97 Å². The minimum atomic E-state index is -0.579. The zero-order valence-corrected chi connectivity index (χ0v) is 13.3. The van der Waals surface area contributed by atoms with Crippen LogP contribution in [0.1, 0.15) is 10.4 Å². The highest BCUT2D eigenvalue weighted by atomic mass is 16.5. The number of benzene rings is 2. The van der Waals surface area contributed by atoms with Crippen molar-refractivity contribution in [1.29, 1.82) is 0 Å². The van der Waals surface area contributed by atoms with Gasteiger partial charge in [-0.1, -0.05) is 12.1 Å². The van der Waals surface area contributed by atoms with Crippen LogP contribution in [-0.4, -0.2) is 32.7 Å². The molecule has 7 heteroatoms. The Kier molecular flexibility index (Phi) is 3.28. The lowest BCUT2D eigenvalue weighted by atomic mass is 10.2. The number of aromatic hydroxyl groups is 1. The average molecular weight is 334 g/mol. The largest absolute Gasteiger partial charge is 0.508 e. The van der Waals surface area contributed by atoms with Gasteiger partial charge in [-0.25, -0.2) is 14.8 Å². The van der Waals surface area contributed by atoms with E-state index in [1.165, 1.54) is 19.2 Å². The second-order valence-corrected chi connectivity index (χ2v) is 5.49. The summed E-state index contributed by atoms with van der Waals surface area (Å²) in [6.45, 7) is 0. The smallest absolute Gasteiger partial charge is 0.343 e. The quantitative estimate of drug-likeness (QED) is 0.546. The van der Waals surface area contributed by atoms with Crippen LogP contribution >= 0.6 is 0 Å². The molecule has 0 saturated heterocycles. The van der Waals surface area contributed by atoms with Crippen molar-refractivity contribution in [2.75, 3.05) is 12.8 Å². The average Bonchev–Trinajstić information content (AvgIpc) is 2.91. The van der Waals surface area contributed by atoms with Gasteiger partial charge in [0.25, 0.3) is 0 Å². The van der Waals surface area contributed by atoms with Crippen LogP contribution in [0.4, 0.5) is 5.82 Å². The first-order valence-electron chi connectivity index (χ1n) is 7.54. The SMILES string of the molecule is COC(=O)c1c(N)n(-c2ccc(O)cc2)c2nc3ccccc3nc12. The van der Waals surface area contributed by atoms with Crippen molar-refractivity contribution in [1.82, 2.24) is 14.5 Å². The van der Waals surface area contributed by atoms with Gasteiger partial charge in [-0.15, -0.1) is 0 Å². The Bertz CT molecular complexity index is 1120. The number of hydrogen-bond acceptors (Lipinski definition) is 6. The maximum atomic E-state index is 12.3. The molecule has 0 amide bonds. The van der Waals surface area contributed by atoms with E-state index in [1.807, 2.05) is 24.3 Å². The minimum Gasteiger partial charge on any atom is -0.508 e. The number of rotatable bonds is 2.